The highest BCUT2D eigenvalue weighted by molar-refractivity contribution is 9.10. The summed E-state index contributed by atoms with van der Waals surface area (Å²) < 4.78 is 47.5. The molecule has 5 nitrogen and oxygen atoms in total. The van der Waals surface area contributed by atoms with E-state index in [0.717, 1.165) is 22.7 Å². The molecule has 0 spiro atoms. The highest BCUT2D eigenvalue weighted by Crippen LogP contribution is 2.40. The number of methoxy groups -OCH3 is 1. The summed E-state index contributed by atoms with van der Waals surface area (Å²) in [6.45, 7) is 2.75. The number of hydrogen-bond acceptors (Lipinski definition) is 5. The second-order valence-electron chi connectivity index (χ2n) is 8.74. The molecule has 2 amide bonds. The van der Waals surface area contributed by atoms with E-state index in [0.29, 0.717) is 42.3 Å². The molecule has 0 fully saturated rings. The van der Waals surface area contributed by atoms with Crippen LogP contribution in [0.15, 0.2) is 52.0 Å². The molecule has 0 aliphatic carbocycles. The van der Waals surface area contributed by atoms with Gasteiger partial charge in [-0.05, 0) is 78.8 Å². The zero-order chi connectivity index (χ0) is 27.2. The van der Waals surface area contributed by atoms with Gasteiger partial charge in [0.2, 0.25) is 0 Å². The van der Waals surface area contributed by atoms with E-state index in [-0.39, 0.29) is 6.03 Å². The number of benzene rings is 2. The Morgan fingerprint density at radius 3 is 2.54 bits per heavy atom. The highest BCUT2D eigenvalue weighted by Gasteiger charge is 2.43. The largest absolute Gasteiger partial charge is 0.417 e. The van der Waals surface area contributed by atoms with Crippen LogP contribution >= 0.6 is 51.2 Å². The number of rotatable bonds is 10. The van der Waals surface area contributed by atoms with Crippen LogP contribution in [0.5, 0.6) is 0 Å². The van der Waals surface area contributed by atoms with E-state index in [4.69, 9.17) is 16.3 Å². The summed E-state index contributed by atoms with van der Waals surface area (Å²) in [4.78, 5) is 13.8. The SMILES string of the molecule is COCCSN(C(=O)N1CC(C)(CCCSC)C(c2ccc(C(F)(F)F)c(Cl)c2)=N1)c1ccc(Br)cc1. The van der Waals surface area contributed by atoms with E-state index >= 15 is 0 Å². The lowest BCUT2D eigenvalue weighted by atomic mass is 9.78. The molecule has 1 aliphatic rings. The number of carbonyl (C=O) groups is 1. The number of alkyl halides is 3. The van der Waals surface area contributed by atoms with Gasteiger partial charge in [-0.15, -0.1) is 0 Å². The van der Waals surface area contributed by atoms with Crippen LogP contribution in [0.25, 0.3) is 0 Å². The maximum atomic E-state index is 13.8. The summed E-state index contributed by atoms with van der Waals surface area (Å²) in [5.41, 5.74) is 0.248. The molecule has 3 rings (SSSR count). The minimum absolute atomic E-state index is 0.298. The summed E-state index contributed by atoms with van der Waals surface area (Å²) in [7, 11) is 1.60. The van der Waals surface area contributed by atoms with Crippen molar-refractivity contribution in [3.8, 4) is 0 Å². The lowest BCUT2D eigenvalue weighted by Crippen LogP contribution is -2.39. The second-order valence-corrected chi connectivity index (χ2v) is 12.1. The molecule has 0 radical (unpaired) electrons. The minimum Gasteiger partial charge on any atom is -0.384 e. The Balaban J connectivity index is 1.98. The van der Waals surface area contributed by atoms with Gasteiger partial charge in [-0.25, -0.2) is 14.1 Å². The topological polar surface area (TPSA) is 45.1 Å². The highest BCUT2D eigenvalue weighted by atomic mass is 79.9. The number of carbonyl (C=O) groups excluding carboxylic acids is 1. The number of anilines is 1. The van der Waals surface area contributed by atoms with Crippen LogP contribution in [0.3, 0.4) is 0 Å². The molecule has 2 aromatic rings. The van der Waals surface area contributed by atoms with Crippen LogP contribution in [-0.2, 0) is 10.9 Å². The number of urea groups is 1. The zero-order valence-corrected chi connectivity index (χ0v) is 24.6. The normalized spacial score (nSPS) is 17.7. The van der Waals surface area contributed by atoms with Crippen molar-refractivity contribution in [2.45, 2.75) is 25.9 Å². The first-order valence-electron chi connectivity index (χ1n) is 11.4. The Labute approximate surface area is 237 Å². The van der Waals surface area contributed by atoms with Gasteiger partial charge in [0.15, 0.2) is 0 Å². The zero-order valence-electron chi connectivity index (χ0n) is 20.6. The lowest BCUT2D eigenvalue weighted by molar-refractivity contribution is -0.137. The third-order valence-corrected chi connectivity index (χ3v) is 8.39. The fourth-order valence-electron chi connectivity index (χ4n) is 4.03. The number of thioether (sulfide) groups is 1. The first kappa shape index (κ1) is 30.1. The Kier molecular flexibility index (Phi) is 10.7. The number of hydrogen-bond donors (Lipinski definition) is 0. The standard InChI is InChI=1S/C25H28BrClF3N3O2S2/c1-24(11-4-13-36-3)16-32(31-22(24)17-5-10-20(21(27)15-17)25(28,29)30)23(34)33(37-14-12-35-2)19-8-6-18(26)7-9-19/h5-10,15H,4,11-14,16H2,1-3H3. The fraction of sp³-hybridized carbons (Fsp3) is 0.440. The van der Waals surface area contributed by atoms with Crippen LogP contribution in [0.1, 0.15) is 30.9 Å². The van der Waals surface area contributed by atoms with Gasteiger partial charge in [-0.2, -0.15) is 30.0 Å². The van der Waals surface area contributed by atoms with Gasteiger partial charge in [0, 0.05) is 22.8 Å². The predicted molar refractivity (Wildman–Crippen MR) is 152 cm³/mol. The van der Waals surface area contributed by atoms with Gasteiger partial charge in [0.1, 0.15) is 0 Å². The molecular weight excluding hydrogens is 611 g/mol. The van der Waals surface area contributed by atoms with Crippen molar-refractivity contribution >= 4 is 68.7 Å². The quantitative estimate of drug-likeness (QED) is 0.194. The van der Waals surface area contributed by atoms with Crippen molar-refractivity contribution in [2.24, 2.45) is 10.5 Å². The second kappa shape index (κ2) is 13.1. The Morgan fingerprint density at radius 1 is 1.24 bits per heavy atom. The summed E-state index contributed by atoms with van der Waals surface area (Å²) >= 11 is 12.5. The molecule has 1 unspecified atom stereocenters. The van der Waals surface area contributed by atoms with E-state index in [1.165, 1.54) is 29.1 Å². The van der Waals surface area contributed by atoms with Crippen molar-refractivity contribution < 1.29 is 22.7 Å². The van der Waals surface area contributed by atoms with E-state index in [2.05, 4.69) is 21.0 Å². The van der Waals surface area contributed by atoms with Crippen LogP contribution in [0, 0.1) is 5.41 Å². The molecule has 202 valence electrons. The third-order valence-electron chi connectivity index (χ3n) is 5.88. The van der Waals surface area contributed by atoms with Crippen molar-refractivity contribution in [1.82, 2.24) is 5.01 Å². The van der Waals surface area contributed by atoms with Gasteiger partial charge in [0.25, 0.3) is 0 Å². The van der Waals surface area contributed by atoms with Crippen molar-refractivity contribution in [3.05, 3.63) is 63.1 Å². The van der Waals surface area contributed by atoms with Gasteiger partial charge in [-0.3, -0.25) is 0 Å². The number of halogens is 5. The first-order chi connectivity index (χ1) is 17.5. The van der Waals surface area contributed by atoms with E-state index < -0.39 is 22.2 Å². The van der Waals surface area contributed by atoms with Crippen LogP contribution in [-0.4, -0.2) is 54.8 Å². The molecule has 2 aromatic carbocycles. The molecule has 0 saturated heterocycles. The Morgan fingerprint density at radius 2 is 1.95 bits per heavy atom. The molecule has 1 aliphatic heterocycles. The number of amides is 2. The number of hydrazone groups is 1. The average molecular weight is 639 g/mol. The summed E-state index contributed by atoms with van der Waals surface area (Å²) in [6, 6.07) is 10.7. The molecular formula is C25H28BrClF3N3O2S2. The monoisotopic (exact) mass is 637 g/mol. The predicted octanol–water partition coefficient (Wildman–Crippen LogP) is 8.21. The summed E-state index contributed by atoms with van der Waals surface area (Å²) in [5.74, 6) is 1.46. The van der Waals surface area contributed by atoms with Crippen molar-refractivity contribution in [2.75, 3.05) is 42.3 Å². The number of ether oxygens (including phenoxy) is 1. The average Bonchev–Trinajstić information content (AvgIpc) is 3.19. The van der Waals surface area contributed by atoms with E-state index in [1.54, 1.807) is 23.2 Å². The molecule has 0 aromatic heterocycles. The first-order valence-corrected chi connectivity index (χ1v) is 14.9. The lowest BCUT2D eigenvalue weighted by Gasteiger charge is -2.29. The van der Waals surface area contributed by atoms with Gasteiger partial charge in [-0.1, -0.05) is 40.5 Å². The van der Waals surface area contributed by atoms with E-state index in [9.17, 15) is 18.0 Å². The van der Waals surface area contributed by atoms with Crippen molar-refractivity contribution in [3.63, 3.8) is 0 Å². The van der Waals surface area contributed by atoms with Gasteiger partial charge >= 0.3 is 12.2 Å². The molecule has 37 heavy (non-hydrogen) atoms. The fourth-order valence-corrected chi connectivity index (χ4v) is 5.91. The molecule has 0 N–H and O–H groups in total. The van der Waals surface area contributed by atoms with Crippen LogP contribution in [0.4, 0.5) is 23.7 Å². The Bertz CT molecular complexity index is 1120. The van der Waals surface area contributed by atoms with Gasteiger partial charge < -0.3 is 4.74 Å². The van der Waals surface area contributed by atoms with E-state index in [1.807, 2.05) is 37.4 Å². The molecule has 12 heteroatoms. The Hall–Kier alpha value is -1.40. The van der Waals surface area contributed by atoms with Crippen molar-refractivity contribution in [1.29, 1.82) is 0 Å². The third kappa shape index (κ3) is 7.59. The summed E-state index contributed by atoms with van der Waals surface area (Å²) in [6.07, 6.45) is -0.956. The molecule has 0 saturated carbocycles. The van der Waals surface area contributed by atoms with Crippen LogP contribution < -0.4 is 4.31 Å². The van der Waals surface area contributed by atoms with Crippen LogP contribution in [0.2, 0.25) is 5.02 Å². The van der Waals surface area contributed by atoms with Gasteiger partial charge in [0.05, 0.1) is 35.1 Å². The summed E-state index contributed by atoms with van der Waals surface area (Å²) in [5, 5.41) is 5.69. The molecule has 1 heterocycles. The maximum Gasteiger partial charge on any atom is 0.417 e. The minimum atomic E-state index is -4.55. The maximum absolute atomic E-state index is 13.8. The smallest absolute Gasteiger partial charge is 0.384 e. The molecule has 0 bridgehead atoms. The molecule has 1 atom stereocenters. The number of nitrogens with zero attached hydrogens (tertiary/aromatic N) is 3.